The second kappa shape index (κ2) is 6.14. The Kier molecular flexibility index (Phi) is 3.95. The molecule has 0 fully saturated rings. The van der Waals surface area contributed by atoms with E-state index in [1.807, 2.05) is 24.3 Å². The van der Waals surface area contributed by atoms with Crippen molar-refractivity contribution in [2.45, 2.75) is 18.5 Å². The summed E-state index contributed by atoms with van der Waals surface area (Å²) in [5.41, 5.74) is 0.515. The third kappa shape index (κ3) is 2.78. The normalized spacial score (nSPS) is 19.4. The van der Waals surface area contributed by atoms with E-state index in [-0.39, 0.29) is 24.0 Å². The van der Waals surface area contributed by atoms with E-state index in [0.717, 1.165) is 22.2 Å². The Morgan fingerprint density at radius 2 is 1.92 bits per heavy atom. The maximum Gasteiger partial charge on any atom is 0.244 e. The molecule has 5 nitrogen and oxygen atoms in total. The van der Waals surface area contributed by atoms with E-state index in [2.05, 4.69) is 36.8 Å². The molecule has 2 aromatic carbocycles. The highest BCUT2D eigenvalue weighted by atomic mass is 79.9. The monoisotopic (exact) mass is 409 g/mol. The molecule has 4 rings (SSSR count). The molecule has 25 heavy (non-hydrogen) atoms. The van der Waals surface area contributed by atoms with Gasteiger partial charge in [0, 0.05) is 4.47 Å². The SMILES string of the molecule is Fc1ccc(F)c(C2CC(c3cccc(Br)c3)Nc3nnnn32)c1F. The van der Waals surface area contributed by atoms with Crippen LogP contribution in [0.4, 0.5) is 19.1 Å². The van der Waals surface area contributed by atoms with Crippen LogP contribution in [0.2, 0.25) is 0 Å². The molecule has 1 aliphatic heterocycles. The molecule has 1 aliphatic rings. The molecule has 2 atom stereocenters. The number of hydrogen-bond acceptors (Lipinski definition) is 4. The standard InChI is InChI=1S/C16H11BrF3N5/c17-9-3-1-2-8(6-9)12-7-13(25-16(21-12)22-23-24-25)14-10(18)4-5-11(19)15(14)20/h1-6,12-13H,7H2,(H,21,22,24). The Balaban J connectivity index is 1.82. The van der Waals surface area contributed by atoms with Gasteiger partial charge in [-0.2, -0.15) is 0 Å². The summed E-state index contributed by atoms with van der Waals surface area (Å²) in [6.45, 7) is 0. The van der Waals surface area contributed by atoms with Gasteiger partial charge in [-0.3, -0.25) is 0 Å². The quantitative estimate of drug-likeness (QED) is 0.649. The summed E-state index contributed by atoms with van der Waals surface area (Å²) in [6.07, 6.45) is 0.256. The molecule has 9 heteroatoms. The van der Waals surface area contributed by atoms with E-state index in [9.17, 15) is 13.2 Å². The molecule has 0 aliphatic carbocycles. The lowest BCUT2D eigenvalue weighted by Gasteiger charge is -2.31. The Morgan fingerprint density at radius 3 is 2.72 bits per heavy atom. The summed E-state index contributed by atoms with van der Waals surface area (Å²) >= 11 is 3.40. The van der Waals surface area contributed by atoms with Crippen molar-refractivity contribution in [1.82, 2.24) is 20.2 Å². The van der Waals surface area contributed by atoms with Crippen molar-refractivity contribution in [3.05, 3.63) is 69.4 Å². The van der Waals surface area contributed by atoms with E-state index >= 15 is 0 Å². The minimum atomic E-state index is -1.22. The molecule has 3 aromatic rings. The van der Waals surface area contributed by atoms with Crippen LogP contribution >= 0.6 is 15.9 Å². The van der Waals surface area contributed by atoms with Crippen LogP contribution in [-0.4, -0.2) is 20.2 Å². The molecule has 0 saturated heterocycles. The molecule has 0 bridgehead atoms. The number of halogens is 4. The zero-order valence-electron chi connectivity index (χ0n) is 12.6. The summed E-state index contributed by atoms with van der Waals surface area (Å²) in [5, 5.41) is 14.4. The van der Waals surface area contributed by atoms with Crippen LogP contribution in [0.5, 0.6) is 0 Å². The van der Waals surface area contributed by atoms with Crippen molar-refractivity contribution in [3.63, 3.8) is 0 Å². The first-order valence-corrected chi connectivity index (χ1v) is 8.27. The highest BCUT2D eigenvalue weighted by Crippen LogP contribution is 2.39. The summed E-state index contributed by atoms with van der Waals surface area (Å²) in [5.74, 6) is -2.89. The number of tetrazole rings is 1. The molecule has 0 saturated carbocycles. The molecule has 2 unspecified atom stereocenters. The van der Waals surface area contributed by atoms with Crippen molar-refractivity contribution in [2.24, 2.45) is 0 Å². The average Bonchev–Trinajstić information content (AvgIpc) is 3.07. The van der Waals surface area contributed by atoms with Crippen molar-refractivity contribution in [3.8, 4) is 0 Å². The fourth-order valence-corrected chi connectivity index (χ4v) is 3.48. The van der Waals surface area contributed by atoms with Crippen molar-refractivity contribution in [1.29, 1.82) is 0 Å². The van der Waals surface area contributed by atoms with Gasteiger partial charge in [0.1, 0.15) is 5.82 Å². The van der Waals surface area contributed by atoms with Gasteiger partial charge in [-0.05, 0) is 46.7 Å². The Labute approximate surface area is 149 Å². The van der Waals surface area contributed by atoms with Crippen LogP contribution in [0.15, 0.2) is 40.9 Å². The lowest BCUT2D eigenvalue weighted by atomic mass is 9.92. The molecule has 1 N–H and O–H groups in total. The lowest BCUT2D eigenvalue weighted by molar-refractivity contribution is 0.381. The van der Waals surface area contributed by atoms with Crippen LogP contribution in [0.1, 0.15) is 29.6 Å². The van der Waals surface area contributed by atoms with Gasteiger partial charge < -0.3 is 5.32 Å². The smallest absolute Gasteiger partial charge is 0.244 e. The molecule has 0 radical (unpaired) electrons. The Morgan fingerprint density at radius 1 is 1.12 bits per heavy atom. The molecule has 1 aromatic heterocycles. The maximum atomic E-state index is 14.3. The number of benzene rings is 2. The van der Waals surface area contributed by atoms with Gasteiger partial charge in [0.25, 0.3) is 0 Å². The van der Waals surface area contributed by atoms with E-state index < -0.39 is 23.5 Å². The van der Waals surface area contributed by atoms with E-state index in [1.54, 1.807) is 0 Å². The molecule has 2 heterocycles. The van der Waals surface area contributed by atoms with Crippen LogP contribution in [0.25, 0.3) is 0 Å². The van der Waals surface area contributed by atoms with Gasteiger partial charge in [0.05, 0.1) is 17.6 Å². The second-order valence-electron chi connectivity index (χ2n) is 5.71. The third-order valence-corrected chi connectivity index (χ3v) is 4.71. The molecular formula is C16H11BrF3N5. The number of nitrogens with zero attached hydrogens (tertiary/aromatic N) is 4. The first-order chi connectivity index (χ1) is 12.0. The van der Waals surface area contributed by atoms with E-state index in [0.29, 0.717) is 0 Å². The van der Waals surface area contributed by atoms with Gasteiger partial charge in [0.15, 0.2) is 11.6 Å². The lowest BCUT2D eigenvalue weighted by Crippen LogP contribution is -2.29. The number of aromatic nitrogens is 4. The molecule has 0 spiro atoms. The van der Waals surface area contributed by atoms with E-state index in [4.69, 9.17) is 0 Å². The van der Waals surface area contributed by atoms with E-state index in [1.165, 1.54) is 4.68 Å². The maximum absolute atomic E-state index is 14.3. The number of nitrogens with one attached hydrogen (secondary N) is 1. The minimum absolute atomic E-state index is 0.256. The second-order valence-corrected chi connectivity index (χ2v) is 6.62. The van der Waals surface area contributed by atoms with Gasteiger partial charge in [-0.25, -0.2) is 17.9 Å². The number of rotatable bonds is 2. The van der Waals surface area contributed by atoms with Crippen LogP contribution < -0.4 is 5.32 Å². The summed E-state index contributed by atoms with van der Waals surface area (Å²) in [4.78, 5) is 0. The fourth-order valence-electron chi connectivity index (χ4n) is 3.07. The summed E-state index contributed by atoms with van der Waals surface area (Å²) in [6, 6.07) is 8.03. The van der Waals surface area contributed by atoms with Gasteiger partial charge in [-0.1, -0.05) is 33.2 Å². The van der Waals surface area contributed by atoms with Gasteiger partial charge in [-0.15, -0.1) is 0 Å². The predicted octanol–water partition coefficient (Wildman–Crippen LogP) is 4.00. The summed E-state index contributed by atoms with van der Waals surface area (Å²) in [7, 11) is 0. The number of anilines is 1. The zero-order valence-corrected chi connectivity index (χ0v) is 14.2. The highest BCUT2D eigenvalue weighted by molar-refractivity contribution is 9.10. The zero-order chi connectivity index (χ0) is 17.6. The van der Waals surface area contributed by atoms with Gasteiger partial charge >= 0.3 is 0 Å². The Bertz CT molecular complexity index is 945. The van der Waals surface area contributed by atoms with Gasteiger partial charge in [0.2, 0.25) is 5.95 Å². The minimum Gasteiger partial charge on any atom is -0.346 e. The highest BCUT2D eigenvalue weighted by Gasteiger charge is 2.34. The number of hydrogen-bond donors (Lipinski definition) is 1. The van der Waals surface area contributed by atoms with Crippen LogP contribution in [0, 0.1) is 17.5 Å². The first-order valence-electron chi connectivity index (χ1n) is 7.48. The average molecular weight is 410 g/mol. The number of fused-ring (bicyclic) bond motifs is 1. The van der Waals surface area contributed by atoms with Crippen LogP contribution in [-0.2, 0) is 0 Å². The summed E-state index contributed by atoms with van der Waals surface area (Å²) < 4.78 is 44.4. The van der Waals surface area contributed by atoms with Crippen LogP contribution in [0.3, 0.4) is 0 Å². The largest absolute Gasteiger partial charge is 0.346 e. The third-order valence-electron chi connectivity index (χ3n) is 4.21. The van der Waals surface area contributed by atoms with Crippen molar-refractivity contribution < 1.29 is 13.2 Å². The fraction of sp³-hybridized carbons (Fsp3) is 0.188. The first kappa shape index (κ1) is 16.1. The molecule has 128 valence electrons. The Hall–Kier alpha value is -2.42. The predicted molar refractivity (Wildman–Crippen MR) is 87.4 cm³/mol. The topological polar surface area (TPSA) is 55.6 Å². The van der Waals surface area contributed by atoms with Crippen molar-refractivity contribution in [2.75, 3.05) is 5.32 Å². The molecular weight excluding hydrogens is 399 g/mol. The molecule has 0 amide bonds. The van der Waals surface area contributed by atoms with Crippen molar-refractivity contribution >= 4 is 21.9 Å².